The molecule has 5 heteroatoms. The van der Waals surface area contributed by atoms with Gasteiger partial charge in [0, 0.05) is 30.1 Å². The summed E-state index contributed by atoms with van der Waals surface area (Å²) in [6.07, 6.45) is 3.02. The molecule has 0 fully saturated rings. The third kappa shape index (κ3) is 5.41. The van der Waals surface area contributed by atoms with E-state index in [2.05, 4.69) is 4.57 Å². The Hall–Kier alpha value is -2.66. The largest absolute Gasteiger partial charge is 0.454 e. The van der Waals surface area contributed by atoms with Crippen molar-refractivity contribution in [3.63, 3.8) is 0 Å². The third-order valence-corrected chi connectivity index (χ3v) is 4.43. The van der Waals surface area contributed by atoms with E-state index in [9.17, 15) is 9.59 Å². The molecule has 0 amide bonds. The van der Waals surface area contributed by atoms with Gasteiger partial charge in [-0.1, -0.05) is 29.8 Å². The van der Waals surface area contributed by atoms with Crippen molar-refractivity contribution in [2.24, 2.45) is 0 Å². The fourth-order valence-electron chi connectivity index (χ4n) is 3.25. The van der Waals surface area contributed by atoms with Crippen molar-refractivity contribution in [3.8, 4) is 0 Å². The number of hydrogen-bond donors (Lipinski definition) is 0. The molecule has 2 rings (SSSR count). The van der Waals surface area contributed by atoms with Gasteiger partial charge in [0.1, 0.15) is 0 Å². The first-order valence-electron chi connectivity index (χ1n) is 8.95. The Bertz CT molecular complexity index is 848. The molecule has 0 aliphatic carbocycles. The van der Waals surface area contributed by atoms with E-state index in [0.717, 1.165) is 22.5 Å². The van der Waals surface area contributed by atoms with Crippen LogP contribution in [0.15, 0.2) is 36.4 Å². The van der Waals surface area contributed by atoms with E-state index in [-0.39, 0.29) is 18.4 Å². The van der Waals surface area contributed by atoms with Crippen LogP contribution in [0, 0.1) is 20.8 Å². The van der Waals surface area contributed by atoms with Crippen LogP contribution in [-0.2, 0) is 14.3 Å². The second-order valence-corrected chi connectivity index (χ2v) is 6.74. The molecule has 1 aromatic carbocycles. The number of aryl methyl sites for hydroxylation is 2. The number of hydrogen-bond acceptors (Lipinski definition) is 4. The molecule has 27 heavy (non-hydrogen) atoms. The average molecular weight is 369 g/mol. The number of esters is 1. The zero-order valence-corrected chi connectivity index (χ0v) is 16.6. The van der Waals surface area contributed by atoms with Crippen LogP contribution in [0.25, 0.3) is 6.08 Å². The first-order chi connectivity index (χ1) is 12.8. The van der Waals surface area contributed by atoms with Gasteiger partial charge in [-0.05, 0) is 45.4 Å². The highest BCUT2D eigenvalue weighted by Gasteiger charge is 2.19. The molecule has 0 spiro atoms. The number of carbonyl (C=O) groups excluding carboxylic acids is 2. The molecule has 2 aromatic rings. The number of methoxy groups -OCH3 is 1. The fraction of sp³-hybridized carbons (Fsp3) is 0.364. The molecule has 0 radical (unpaired) electrons. The maximum Gasteiger partial charge on any atom is 0.331 e. The highest BCUT2D eigenvalue weighted by atomic mass is 16.5. The molecule has 1 atom stereocenters. The zero-order chi connectivity index (χ0) is 20.0. The molecule has 144 valence electrons. The van der Waals surface area contributed by atoms with Gasteiger partial charge in [-0.15, -0.1) is 0 Å². The standard InChI is InChI=1S/C22H27NO4/c1-15-7-6-8-19(11-15)9-10-22(25)27-14-21(24)20-12-16(2)23(18(20)4)17(3)13-26-5/h6-12,17H,13-14H2,1-5H3/b10-9+/t17-/m1/s1. The molecule has 1 heterocycles. The molecule has 0 saturated carbocycles. The molecule has 0 aliphatic heterocycles. The Morgan fingerprint density at radius 3 is 2.59 bits per heavy atom. The van der Waals surface area contributed by atoms with Crippen molar-refractivity contribution in [1.29, 1.82) is 0 Å². The molecular formula is C22H27NO4. The summed E-state index contributed by atoms with van der Waals surface area (Å²) in [7, 11) is 1.65. The summed E-state index contributed by atoms with van der Waals surface area (Å²) < 4.78 is 12.4. The van der Waals surface area contributed by atoms with Gasteiger partial charge in [0.2, 0.25) is 5.78 Å². The molecule has 0 unspecified atom stereocenters. The molecule has 1 aromatic heterocycles. The Kier molecular flexibility index (Phi) is 7.13. The van der Waals surface area contributed by atoms with Gasteiger partial charge in [-0.3, -0.25) is 4.79 Å². The summed E-state index contributed by atoms with van der Waals surface area (Å²) in [5.74, 6) is -0.748. The summed E-state index contributed by atoms with van der Waals surface area (Å²) in [4.78, 5) is 24.4. The number of benzene rings is 1. The Balaban J connectivity index is 1.99. The fourth-order valence-corrected chi connectivity index (χ4v) is 3.25. The predicted octanol–water partition coefficient (Wildman–Crippen LogP) is 4.06. The summed E-state index contributed by atoms with van der Waals surface area (Å²) in [5, 5.41) is 0. The monoisotopic (exact) mass is 369 g/mol. The topological polar surface area (TPSA) is 57.5 Å². The number of nitrogens with zero attached hydrogens (tertiary/aromatic N) is 1. The highest BCUT2D eigenvalue weighted by molar-refractivity contribution is 6.00. The number of rotatable bonds is 8. The van der Waals surface area contributed by atoms with Gasteiger partial charge in [-0.2, -0.15) is 0 Å². The Labute approximate surface area is 160 Å². The van der Waals surface area contributed by atoms with E-state index >= 15 is 0 Å². The lowest BCUT2D eigenvalue weighted by atomic mass is 10.1. The lowest BCUT2D eigenvalue weighted by Gasteiger charge is -2.17. The molecular weight excluding hydrogens is 342 g/mol. The lowest BCUT2D eigenvalue weighted by molar-refractivity contribution is -0.136. The van der Waals surface area contributed by atoms with Crippen LogP contribution in [0.4, 0.5) is 0 Å². The van der Waals surface area contributed by atoms with Gasteiger partial charge < -0.3 is 14.0 Å². The van der Waals surface area contributed by atoms with E-state index in [4.69, 9.17) is 9.47 Å². The summed E-state index contributed by atoms with van der Waals surface area (Å²) in [6, 6.07) is 9.72. The van der Waals surface area contributed by atoms with Crippen LogP contribution in [0.5, 0.6) is 0 Å². The van der Waals surface area contributed by atoms with Gasteiger partial charge in [0.25, 0.3) is 0 Å². The minimum atomic E-state index is -0.536. The highest BCUT2D eigenvalue weighted by Crippen LogP contribution is 2.21. The van der Waals surface area contributed by atoms with Gasteiger partial charge in [-0.25, -0.2) is 4.79 Å². The molecule has 0 N–H and O–H groups in total. The molecule has 0 bridgehead atoms. The number of Topliss-reactive ketones (excluding diaryl/α,β-unsaturated/α-hetero) is 1. The quantitative estimate of drug-likeness (QED) is 0.400. The van der Waals surface area contributed by atoms with Gasteiger partial charge >= 0.3 is 5.97 Å². The lowest BCUT2D eigenvalue weighted by Crippen LogP contribution is -2.16. The smallest absolute Gasteiger partial charge is 0.331 e. The minimum Gasteiger partial charge on any atom is -0.454 e. The van der Waals surface area contributed by atoms with E-state index in [1.54, 1.807) is 13.2 Å². The van der Waals surface area contributed by atoms with Gasteiger partial charge in [0.05, 0.1) is 12.6 Å². The van der Waals surface area contributed by atoms with Crippen molar-refractivity contribution in [3.05, 3.63) is 64.5 Å². The van der Waals surface area contributed by atoms with Crippen molar-refractivity contribution in [2.75, 3.05) is 20.3 Å². The average Bonchev–Trinajstić information content (AvgIpc) is 2.92. The second-order valence-electron chi connectivity index (χ2n) is 6.74. The van der Waals surface area contributed by atoms with Crippen molar-refractivity contribution >= 4 is 17.8 Å². The van der Waals surface area contributed by atoms with Crippen LogP contribution in [0.1, 0.15) is 45.8 Å². The first kappa shape index (κ1) is 20.6. The van der Waals surface area contributed by atoms with E-state index in [1.807, 2.05) is 58.0 Å². The SMILES string of the molecule is COC[C@@H](C)n1c(C)cc(C(=O)COC(=O)/C=C/c2cccc(C)c2)c1C. The normalized spacial score (nSPS) is 12.3. The molecule has 0 aliphatic rings. The van der Waals surface area contributed by atoms with Crippen molar-refractivity contribution in [2.45, 2.75) is 33.7 Å². The number of ketones is 1. The summed E-state index contributed by atoms with van der Waals surface area (Å²) in [5.41, 5.74) is 4.43. The Morgan fingerprint density at radius 2 is 1.93 bits per heavy atom. The third-order valence-electron chi connectivity index (χ3n) is 4.43. The predicted molar refractivity (Wildman–Crippen MR) is 106 cm³/mol. The second kappa shape index (κ2) is 9.33. The summed E-state index contributed by atoms with van der Waals surface area (Å²) >= 11 is 0. The number of aromatic nitrogens is 1. The number of ether oxygens (including phenoxy) is 2. The maximum atomic E-state index is 12.5. The zero-order valence-electron chi connectivity index (χ0n) is 16.6. The van der Waals surface area contributed by atoms with Crippen molar-refractivity contribution < 1.29 is 19.1 Å². The van der Waals surface area contributed by atoms with Crippen LogP contribution in [0.2, 0.25) is 0 Å². The first-order valence-corrected chi connectivity index (χ1v) is 8.95. The molecule has 0 saturated heterocycles. The number of carbonyl (C=O) groups is 2. The molecule has 5 nitrogen and oxygen atoms in total. The summed E-state index contributed by atoms with van der Waals surface area (Å²) in [6.45, 7) is 8.15. The Morgan fingerprint density at radius 1 is 1.19 bits per heavy atom. The minimum absolute atomic E-state index is 0.122. The van der Waals surface area contributed by atoms with Crippen LogP contribution >= 0.6 is 0 Å². The van der Waals surface area contributed by atoms with Crippen LogP contribution < -0.4 is 0 Å². The van der Waals surface area contributed by atoms with Crippen LogP contribution in [0.3, 0.4) is 0 Å². The van der Waals surface area contributed by atoms with Gasteiger partial charge in [0.15, 0.2) is 6.61 Å². The maximum absolute atomic E-state index is 12.5. The van der Waals surface area contributed by atoms with E-state index < -0.39 is 5.97 Å². The van der Waals surface area contributed by atoms with E-state index in [0.29, 0.717) is 12.2 Å². The van der Waals surface area contributed by atoms with Crippen LogP contribution in [-0.4, -0.2) is 36.6 Å². The van der Waals surface area contributed by atoms with Crippen molar-refractivity contribution in [1.82, 2.24) is 4.57 Å². The van der Waals surface area contributed by atoms with E-state index in [1.165, 1.54) is 6.08 Å².